The molecule has 0 atom stereocenters. The third-order valence-corrected chi connectivity index (χ3v) is 3.88. The van der Waals surface area contributed by atoms with Gasteiger partial charge in [-0.25, -0.2) is 0 Å². The van der Waals surface area contributed by atoms with Gasteiger partial charge < -0.3 is 15.2 Å². The maximum Gasteiger partial charge on any atom is 0.191 e. The van der Waals surface area contributed by atoms with E-state index in [1.54, 1.807) is 0 Å². The summed E-state index contributed by atoms with van der Waals surface area (Å²) in [6.45, 7) is 13.3. The maximum atomic E-state index is 5.19. The van der Waals surface area contributed by atoms with Crippen LogP contribution in [0.25, 0.3) is 0 Å². The lowest BCUT2D eigenvalue weighted by molar-refractivity contribution is 0.392. The predicted molar refractivity (Wildman–Crippen MR) is 97.0 cm³/mol. The van der Waals surface area contributed by atoms with Crippen molar-refractivity contribution >= 4 is 5.96 Å². The third-order valence-electron chi connectivity index (χ3n) is 3.88. The molecule has 0 saturated carbocycles. The van der Waals surface area contributed by atoms with E-state index in [0.717, 1.165) is 55.8 Å². The Kier molecular flexibility index (Phi) is 9.41. The lowest BCUT2D eigenvalue weighted by Gasteiger charge is -2.11. The van der Waals surface area contributed by atoms with Crippen LogP contribution in [0.3, 0.4) is 0 Å². The normalized spacial score (nSPS) is 12.0. The van der Waals surface area contributed by atoms with Crippen molar-refractivity contribution in [2.24, 2.45) is 10.9 Å². The number of nitrogens with one attached hydrogen (secondary N) is 2. The Morgan fingerprint density at radius 3 is 2.57 bits per heavy atom. The average Bonchev–Trinajstić information content (AvgIpc) is 2.82. The SMILES string of the molecule is CCNC(=NCCCc1c(C)noc1C)NCCCCC(C)C. The molecule has 0 aromatic carbocycles. The van der Waals surface area contributed by atoms with Gasteiger partial charge >= 0.3 is 0 Å². The van der Waals surface area contributed by atoms with E-state index < -0.39 is 0 Å². The van der Waals surface area contributed by atoms with Gasteiger partial charge in [0.15, 0.2) is 5.96 Å². The molecule has 0 bridgehead atoms. The highest BCUT2D eigenvalue weighted by Gasteiger charge is 2.07. The largest absolute Gasteiger partial charge is 0.361 e. The van der Waals surface area contributed by atoms with E-state index in [1.165, 1.54) is 24.8 Å². The van der Waals surface area contributed by atoms with Crippen LogP contribution < -0.4 is 10.6 Å². The van der Waals surface area contributed by atoms with Crippen LogP contribution in [-0.4, -0.2) is 30.8 Å². The molecule has 0 spiro atoms. The smallest absolute Gasteiger partial charge is 0.191 e. The molecule has 5 heteroatoms. The molecule has 0 radical (unpaired) electrons. The molecule has 132 valence electrons. The maximum absolute atomic E-state index is 5.19. The number of hydrogen-bond acceptors (Lipinski definition) is 3. The highest BCUT2D eigenvalue weighted by atomic mass is 16.5. The second kappa shape index (κ2) is 11.1. The minimum Gasteiger partial charge on any atom is -0.361 e. The number of hydrogen-bond donors (Lipinski definition) is 2. The highest BCUT2D eigenvalue weighted by molar-refractivity contribution is 5.79. The van der Waals surface area contributed by atoms with Gasteiger partial charge in [-0.15, -0.1) is 0 Å². The molecular formula is C18H34N4O. The topological polar surface area (TPSA) is 62.5 Å². The van der Waals surface area contributed by atoms with Crippen molar-refractivity contribution in [1.29, 1.82) is 0 Å². The predicted octanol–water partition coefficient (Wildman–Crippen LogP) is 3.61. The lowest BCUT2D eigenvalue weighted by atomic mass is 10.1. The highest BCUT2D eigenvalue weighted by Crippen LogP contribution is 2.14. The summed E-state index contributed by atoms with van der Waals surface area (Å²) < 4.78 is 5.19. The van der Waals surface area contributed by atoms with Crippen molar-refractivity contribution in [3.05, 3.63) is 17.0 Å². The van der Waals surface area contributed by atoms with E-state index in [1.807, 2.05) is 13.8 Å². The van der Waals surface area contributed by atoms with Crippen LogP contribution in [0.5, 0.6) is 0 Å². The molecule has 0 aliphatic heterocycles. The fraction of sp³-hybridized carbons (Fsp3) is 0.778. The van der Waals surface area contributed by atoms with E-state index in [-0.39, 0.29) is 0 Å². The lowest BCUT2D eigenvalue weighted by Crippen LogP contribution is -2.37. The molecular weight excluding hydrogens is 288 g/mol. The molecule has 23 heavy (non-hydrogen) atoms. The van der Waals surface area contributed by atoms with Crippen molar-refractivity contribution in [3.63, 3.8) is 0 Å². The van der Waals surface area contributed by atoms with Crippen molar-refractivity contribution < 1.29 is 4.52 Å². The number of unbranched alkanes of at least 4 members (excludes halogenated alkanes) is 1. The average molecular weight is 322 g/mol. The molecule has 2 N–H and O–H groups in total. The van der Waals surface area contributed by atoms with Gasteiger partial charge in [0.1, 0.15) is 5.76 Å². The molecule has 5 nitrogen and oxygen atoms in total. The Morgan fingerprint density at radius 1 is 1.17 bits per heavy atom. The molecule has 1 aromatic heterocycles. The summed E-state index contributed by atoms with van der Waals surface area (Å²) in [7, 11) is 0. The number of aliphatic imine (C=N–C) groups is 1. The van der Waals surface area contributed by atoms with E-state index >= 15 is 0 Å². The summed E-state index contributed by atoms with van der Waals surface area (Å²) >= 11 is 0. The van der Waals surface area contributed by atoms with Crippen LogP contribution in [0, 0.1) is 19.8 Å². The number of aryl methyl sites for hydroxylation is 2. The zero-order chi connectivity index (χ0) is 17.1. The summed E-state index contributed by atoms with van der Waals surface area (Å²) in [5, 5.41) is 10.7. The van der Waals surface area contributed by atoms with Gasteiger partial charge in [-0.2, -0.15) is 0 Å². The Bertz CT molecular complexity index is 446. The van der Waals surface area contributed by atoms with Gasteiger partial charge in [-0.05, 0) is 46.0 Å². The summed E-state index contributed by atoms with van der Waals surface area (Å²) in [5.41, 5.74) is 2.23. The first-order valence-corrected chi connectivity index (χ1v) is 8.98. The van der Waals surface area contributed by atoms with Gasteiger partial charge in [0.05, 0.1) is 5.69 Å². The molecule has 1 rings (SSSR count). The van der Waals surface area contributed by atoms with Gasteiger partial charge in [0, 0.05) is 25.2 Å². The molecule has 0 aliphatic rings. The fourth-order valence-corrected chi connectivity index (χ4v) is 2.53. The van der Waals surface area contributed by atoms with Crippen LogP contribution >= 0.6 is 0 Å². The Balaban J connectivity index is 2.28. The molecule has 0 saturated heterocycles. The van der Waals surface area contributed by atoms with Crippen LogP contribution in [0.15, 0.2) is 9.52 Å². The first kappa shape index (κ1) is 19.5. The molecule has 0 aliphatic carbocycles. The quantitative estimate of drug-likeness (QED) is 0.392. The van der Waals surface area contributed by atoms with E-state index in [4.69, 9.17) is 4.52 Å². The van der Waals surface area contributed by atoms with Gasteiger partial charge in [0.25, 0.3) is 0 Å². The minimum absolute atomic E-state index is 0.793. The first-order chi connectivity index (χ1) is 11.0. The van der Waals surface area contributed by atoms with Crippen molar-refractivity contribution in [1.82, 2.24) is 15.8 Å². The second-order valence-corrected chi connectivity index (χ2v) is 6.48. The summed E-state index contributed by atoms with van der Waals surface area (Å²) in [4.78, 5) is 4.65. The summed E-state index contributed by atoms with van der Waals surface area (Å²) in [5.74, 6) is 2.65. The number of aromatic nitrogens is 1. The van der Waals surface area contributed by atoms with Crippen molar-refractivity contribution in [3.8, 4) is 0 Å². The van der Waals surface area contributed by atoms with E-state index in [0.29, 0.717) is 0 Å². The minimum atomic E-state index is 0.793. The van der Waals surface area contributed by atoms with Crippen LogP contribution in [0.1, 0.15) is 63.5 Å². The zero-order valence-corrected chi connectivity index (χ0v) is 15.5. The van der Waals surface area contributed by atoms with Crippen molar-refractivity contribution in [2.75, 3.05) is 19.6 Å². The van der Waals surface area contributed by atoms with Crippen molar-refractivity contribution in [2.45, 2.75) is 66.7 Å². The van der Waals surface area contributed by atoms with Gasteiger partial charge in [0.2, 0.25) is 0 Å². The molecule has 0 unspecified atom stereocenters. The van der Waals surface area contributed by atoms with Gasteiger partial charge in [-0.1, -0.05) is 31.8 Å². The number of rotatable bonds is 10. The fourth-order valence-electron chi connectivity index (χ4n) is 2.53. The van der Waals surface area contributed by atoms with Crippen LogP contribution in [-0.2, 0) is 6.42 Å². The second-order valence-electron chi connectivity index (χ2n) is 6.48. The Labute approximate surface area is 141 Å². The third kappa shape index (κ3) is 8.05. The molecule has 0 amide bonds. The Hall–Kier alpha value is -1.52. The van der Waals surface area contributed by atoms with E-state index in [2.05, 4.69) is 41.6 Å². The molecule has 0 fully saturated rings. The summed E-state index contributed by atoms with van der Waals surface area (Å²) in [6.07, 6.45) is 5.75. The standard InChI is InChI=1S/C18H34N4O/c1-6-19-18(20-12-8-7-10-14(2)3)21-13-9-11-17-15(4)22-23-16(17)5/h14H,6-13H2,1-5H3,(H2,19,20,21). The number of nitrogens with zero attached hydrogens (tertiary/aromatic N) is 2. The van der Waals surface area contributed by atoms with E-state index in [9.17, 15) is 0 Å². The number of guanidine groups is 1. The monoisotopic (exact) mass is 322 g/mol. The summed E-state index contributed by atoms with van der Waals surface area (Å²) in [6, 6.07) is 0. The first-order valence-electron chi connectivity index (χ1n) is 8.98. The zero-order valence-electron chi connectivity index (χ0n) is 15.5. The Morgan fingerprint density at radius 2 is 1.96 bits per heavy atom. The molecule has 1 aromatic rings. The van der Waals surface area contributed by atoms with Crippen LogP contribution in [0.2, 0.25) is 0 Å². The van der Waals surface area contributed by atoms with Gasteiger partial charge in [-0.3, -0.25) is 4.99 Å². The van der Waals surface area contributed by atoms with Crippen LogP contribution in [0.4, 0.5) is 0 Å². The molecule has 1 heterocycles.